The van der Waals surface area contributed by atoms with Crippen LogP contribution in [-0.2, 0) is 18.4 Å². The molecule has 0 bridgehead atoms. The van der Waals surface area contributed by atoms with Gasteiger partial charge in [-0.25, -0.2) is 4.79 Å². The van der Waals surface area contributed by atoms with E-state index in [0.717, 1.165) is 4.47 Å². The zero-order chi connectivity index (χ0) is 17.3. The Labute approximate surface area is 144 Å². The minimum absolute atomic E-state index is 0.271. The fourth-order valence-electron chi connectivity index (χ4n) is 2.29. The molecule has 0 saturated heterocycles. The monoisotopic (exact) mass is 392 g/mol. The largest absolute Gasteiger partial charge is 0.420 e. The Hall–Kier alpha value is -2.81. The Morgan fingerprint density at radius 3 is 2.71 bits per heavy atom. The average Bonchev–Trinajstić information content (AvgIpc) is 3.04. The van der Waals surface area contributed by atoms with Crippen molar-refractivity contribution >= 4 is 38.8 Å². The topological polar surface area (TPSA) is 98.3 Å². The number of carbonyl (C=O) groups is 2. The van der Waals surface area contributed by atoms with E-state index in [9.17, 15) is 14.4 Å². The number of para-hydroxylation sites is 2. The molecule has 24 heavy (non-hydrogen) atoms. The van der Waals surface area contributed by atoms with Crippen LogP contribution in [0.1, 0.15) is 10.5 Å². The number of halogens is 1. The van der Waals surface area contributed by atoms with Crippen LogP contribution in [0.3, 0.4) is 0 Å². The molecule has 2 amide bonds. The van der Waals surface area contributed by atoms with E-state index in [0.29, 0.717) is 16.8 Å². The Kier molecular flexibility index (Phi) is 4.26. The van der Waals surface area contributed by atoms with Gasteiger partial charge in [-0.05, 0) is 34.1 Å². The van der Waals surface area contributed by atoms with Crippen LogP contribution in [-0.4, -0.2) is 20.9 Å². The number of hydrogen-bond donors (Lipinski definition) is 2. The molecule has 124 valence electrons. The number of benzene rings is 1. The van der Waals surface area contributed by atoms with E-state index in [2.05, 4.69) is 26.8 Å². The molecule has 0 radical (unpaired) electrons. The molecule has 3 rings (SSSR count). The molecule has 0 atom stereocenters. The van der Waals surface area contributed by atoms with Crippen molar-refractivity contribution in [2.75, 3.05) is 0 Å². The molecule has 1 aromatic carbocycles. The lowest BCUT2D eigenvalue weighted by Gasteiger charge is -2.08. The number of aryl methyl sites for hydroxylation is 1. The molecule has 9 heteroatoms. The standard InChI is InChI=1S/C15H13BrN4O4/c1-19-7-9(16)6-11(19)14(22)18-17-13(21)8-20-10-4-2-3-5-12(10)24-15(20)23/h2-7H,8H2,1H3,(H,17,21)(H,18,22). The third kappa shape index (κ3) is 3.11. The summed E-state index contributed by atoms with van der Waals surface area (Å²) in [6.45, 7) is -0.271. The van der Waals surface area contributed by atoms with E-state index in [1.807, 2.05) is 0 Å². The van der Waals surface area contributed by atoms with Gasteiger partial charge in [0.1, 0.15) is 12.2 Å². The van der Waals surface area contributed by atoms with Gasteiger partial charge in [-0.3, -0.25) is 25.0 Å². The summed E-state index contributed by atoms with van der Waals surface area (Å²) in [7, 11) is 1.71. The molecule has 0 aliphatic rings. The smallest absolute Gasteiger partial charge is 0.408 e. The minimum atomic E-state index is -0.635. The van der Waals surface area contributed by atoms with Crippen LogP contribution in [0.15, 0.2) is 50.2 Å². The molecule has 2 N–H and O–H groups in total. The molecular formula is C15H13BrN4O4. The van der Waals surface area contributed by atoms with Gasteiger partial charge < -0.3 is 8.98 Å². The second-order valence-corrected chi connectivity index (χ2v) is 5.99. The highest BCUT2D eigenvalue weighted by Crippen LogP contribution is 2.13. The van der Waals surface area contributed by atoms with Gasteiger partial charge in [0.2, 0.25) is 0 Å². The number of nitrogens with one attached hydrogen (secondary N) is 2. The molecule has 2 heterocycles. The highest BCUT2D eigenvalue weighted by atomic mass is 79.9. The zero-order valence-electron chi connectivity index (χ0n) is 12.6. The van der Waals surface area contributed by atoms with Crippen molar-refractivity contribution in [2.45, 2.75) is 6.54 Å². The quantitative estimate of drug-likeness (QED) is 0.653. The summed E-state index contributed by atoms with van der Waals surface area (Å²) in [5.74, 6) is -1.66. The molecule has 0 aliphatic carbocycles. The van der Waals surface area contributed by atoms with Crippen molar-refractivity contribution in [1.29, 1.82) is 0 Å². The first-order valence-electron chi connectivity index (χ1n) is 6.95. The van der Waals surface area contributed by atoms with E-state index in [-0.39, 0.29) is 6.54 Å². The van der Waals surface area contributed by atoms with E-state index in [1.165, 1.54) is 4.57 Å². The molecule has 0 saturated carbocycles. The van der Waals surface area contributed by atoms with Crippen LogP contribution in [0.4, 0.5) is 0 Å². The fraction of sp³-hybridized carbons (Fsp3) is 0.133. The van der Waals surface area contributed by atoms with Crippen LogP contribution in [0.25, 0.3) is 11.1 Å². The number of hydrazine groups is 1. The number of carbonyl (C=O) groups excluding carboxylic acids is 2. The summed E-state index contributed by atoms with van der Waals surface area (Å²) in [6.07, 6.45) is 1.72. The van der Waals surface area contributed by atoms with Gasteiger partial charge in [0.25, 0.3) is 11.8 Å². The van der Waals surface area contributed by atoms with Crippen LogP contribution in [0.2, 0.25) is 0 Å². The molecule has 0 fully saturated rings. The Morgan fingerprint density at radius 2 is 2.00 bits per heavy atom. The average molecular weight is 393 g/mol. The molecular weight excluding hydrogens is 380 g/mol. The predicted octanol–water partition coefficient (Wildman–Crippen LogP) is 1.16. The minimum Gasteiger partial charge on any atom is -0.408 e. The van der Waals surface area contributed by atoms with Crippen molar-refractivity contribution in [3.05, 3.63) is 57.2 Å². The van der Waals surface area contributed by atoms with Gasteiger partial charge >= 0.3 is 5.76 Å². The van der Waals surface area contributed by atoms with Crippen molar-refractivity contribution in [3.63, 3.8) is 0 Å². The van der Waals surface area contributed by atoms with Crippen LogP contribution >= 0.6 is 15.9 Å². The molecule has 0 unspecified atom stereocenters. The molecule has 0 spiro atoms. The lowest BCUT2D eigenvalue weighted by molar-refractivity contribution is -0.122. The molecule has 0 aliphatic heterocycles. The van der Waals surface area contributed by atoms with Crippen LogP contribution < -0.4 is 16.6 Å². The summed E-state index contributed by atoms with van der Waals surface area (Å²) in [6, 6.07) is 8.40. The van der Waals surface area contributed by atoms with Gasteiger partial charge in [-0.15, -0.1) is 0 Å². The van der Waals surface area contributed by atoms with Crippen molar-refractivity contribution < 1.29 is 14.0 Å². The van der Waals surface area contributed by atoms with Crippen LogP contribution in [0.5, 0.6) is 0 Å². The number of aromatic nitrogens is 2. The van der Waals surface area contributed by atoms with Crippen molar-refractivity contribution in [2.24, 2.45) is 7.05 Å². The third-order valence-corrected chi connectivity index (χ3v) is 3.83. The first-order valence-corrected chi connectivity index (χ1v) is 7.74. The maximum atomic E-state index is 12.0. The number of amides is 2. The van der Waals surface area contributed by atoms with Gasteiger partial charge in [-0.1, -0.05) is 12.1 Å². The Morgan fingerprint density at radius 1 is 1.25 bits per heavy atom. The molecule has 2 aromatic heterocycles. The van der Waals surface area contributed by atoms with Gasteiger partial charge in [0, 0.05) is 17.7 Å². The lowest BCUT2D eigenvalue weighted by atomic mass is 10.3. The van der Waals surface area contributed by atoms with E-state index in [4.69, 9.17) is 4.42 Å². The molecule has 8 nitrogen and oxygen atoms in total. The Balaban J connectivity index is 1.67. The number of hydrogen-bond acceptors (Lipinski definition) is 4. The first-order chi connectivity index (χ1) is 11.5. The zero-order valence-corrected chi connectivity index (χ0v) is 14.2. The third-order valence-electron chi connectivity index (χ3n) is 3.40. The SMILES string of the molecule is Cn1cc(Br)cc1C(=O)NNC(=O)Cn1c(=O)oc2ccccc21. The lowest BCUT2D eigenvalue weighted by Crippen LogP contribution is -2.44. The molecule has 3 aromatic rings. The highest BCUT2D eigenvalue weighted by Gasteiger charge is 2.14. The second kappa shape index (κ2) is 6.36. The highest BCUT2D eigenvalue weighted by molar-refractivity contribution is 9.10. The summed E-state index contributed by atoms with van der Waals surface area (Å²) in [5.41, 5.74) is 5.86. The van der Waals surface area contributed by atoms with Crippen molar-refractivity contribution in [3.8, 4) is 0 Å². The number of oxazole rings is 1. The summed E-state index contributed by atoms with van der Waals surface area (Å²) < 4.78 is 8.59. The fourth-order valence-corrected chi connectivity index (χ4v) is 2.81. The maximum Gasteiger partial charge on any atom is 0.420 e. The summed E-state index contributed by atoms with van der Waals surface area (Å²) in [5, 5.41) is 0. The van der Waals surface area contributed by atoms with E-state index >= 15 is 0 Å². The van der Waals surface area contributed by atoms with Crippen LogP contribution in [0, 0.1) is 0 Å². The Bertz CT molecular complexity index is 985. The predicted molar refractivity (Wildman–Crippen MR) is 89.2 cm³/mol. The summed E-state index contributed by atoms with van der Waals surface area (Å²) in [4.78, 5) is 35.8. The van der Waals surface area contributed by atoms with Gasteiger partial charge in [-0.2, -0.15) is 0 Å². The van der Waals surface area contributed by atoms with E-state index < -0.39 is 17.6 Å². The first kappa shape index (κ1) is 16.1. The number of fused-ring (bicyclic) bond motifs is 1. The summed E-state index contributed by atoms with van der Waals surface area (Å²) >= 11 is 3.27. The maximum absolute atomic E-state index is 12.0. The van der Waals surface area contributed by atoms with Crippen molar-refractivity contribution in [1.82, 2.24) is 20.0 Å². The second-order valence-electron chi connectivity index (χ2n) is 5.08. The number of nitrogens with zero attached hydrogens (tertiary/aromatic N) is 2. The number of rotatable bonds is 3. The van der Waals surface area contributed by atoms with Gasteiger partial charge in [0.15, 0.2) is 5.58 Å². The normalized spacial score (nSPS) is 10.8. The van der Waals surface area contributed by atoms with Gasteiger partial charge in [0.05, 0.1) is 5.52 Å². The van der Waals surface area contributed by atoms with E-state index in [1.54, 1.807) is 48.1 Å².